The van der Waals surface area contributed by atoms with Crippen LogP contribution in [0.1, 0.15) is 12.0 Å². The Morgan fingerprint density at radius 1 is 1.33 bits per heavy atom. The molecule has 1 rings (SSSR count). The van der Waals surface area contributed by atoms with Crippen LogP contribution in [0.15, 0.2) is 18.2 Å². The molecule has 0 radical (unpaired) electrons. The van der Waals surface area contributed by atoms with Crippen molar-refractivity contribution in [1.29, 1.82) is 5.26 Å². The standard InChI is InChI=1S/C13H17ClN2O2/c1-17-7-8-18-6-2-5-16-13-4-3-11(10-15)9-12(13)14/h3-4,9,16H,2,5-8H2,1H3. The van der Waals surface area contributed by atoms with Crippen LogP contribution in [0.5, 0.6) is 0 Å². The molecule has 0 atom stereocenters. The maximum atomic E-state index is 8.71. The minimum absolute atomic E-state index is 0.563. The number of ether oxygens (including phenoxy) is 2. The Bertz CT molecular complexity index is 404. The van der Waals surface area contributed by atoms with Gasteiger partial charge in [0.15, 0.2) is 0 Å². The van der Waals surface area contributed by atoms with Crippen molar-refractivity contribution < 1.29 is 9.47 Å². The number of methoxy groups -OCH3 is 1. The molecule has 0 fully saturated rings. The Balaban J connectivity index is 2.21. The minimum atomic E-state index is 0.563. The molecular weight excluding hydrogens is 252 g/mol. The number of nitrogens with zero attached hydrogens (tertiary/aromatic N) is 1. The minimum Gasteiger partial charge on any atom is -0.384 e. The van der Waals surface area contributed by atoms with Crippen molar-refractivity contribution in [2.24, 2.45) is 0 Å². The number of anilines is 1. The summed E-state index contributed by atoms with van der Waals surface area (Å²) in [5.74, 6) is 0. The lowest BCUT2D eigenvalue weighted by molar-refractivity contribution is 0.0705. The van der Waals surface area contributed by atoms with Crippen LogP contribution >= 0.6 is 11.6 Å². The van der Waals surface area contributed by atoms with Crippen LogP contribution < -0.4 is 5.32 Å². The smallest absolute Gasteiger partial charge is 0.0992 e. The zero-order valence-corrected chi connectivity index (χ0v) is 11.2. The molecule has 0 amide bonds. The lowest BCUT2D eigenvalue weighted by Gasteiger charge is -2.08. The van der Waals surface area contributed by atoms with Crippen LogP contribution in [-0.4, -0.2) is 33.5 Å². The quantitative estimate of drug-likeness (QED) is 0.737. The summed E-state index contributed by atoms with van der Waals surface area (Å²) in [5.41, 5.74) is 1.40. The molecular formula is C13H17ClN2O2. The van der Waals surface area contributed by atoms with E-state index in [9.17, 15) is 0 Å². The van der Waals surface area contributed by atoms with Gasteiger partial charge in [-0.2, -0.15) is 5.26 Å². The summed E-state index contributed by atoms with van der Waals surface area (Å²) in [7, 11) is 1.65. The summed E-state index contributed by atoms with van der Waals surface area (Å²) >= 11 is 6.03. The molecule has 0 saturated heterocycles. The third kappa shape index (κ3) is 5.37. The summed E-state index contributed by atoms with van der Waals surface area (Å²) in [6.07, 6.45) is 0.889. The van der Waals surface area contributed by atoms with Crippen LogP contribution in [0.3, 0.4) is 0 Å². The normalized spacial score (nSPS) is 10.1. The second-order valence-electron chi connectivity index (χ2n) is 3.69. The van der Waals surface area contributed by atoms with Crippen LogP contribution in [0.4, 0.5) is 5.69 Å². The first-order chi connectivity index (χ1) is 8.77. The molecule has 18 heavy (non-hydrogen) atoms. The Morgan fingerprint density at radius 2 is 2.17 bits per heavy atom. The third-order valence-electron chi connectivity index (χ3n) is 2.31. The Kier molecular flexibility index (Phi) is 7.19. The van der Waals surface area contributed by atoms with E-state index in [1.54, 1.807) is 19.2 Å². The first kappa shape index (κ1) is 14.8. The number of hydrogen-bond acceptors (Lipinski definition) is 4. The third-order valence-corrected chi connectivity index (χ3v) is 2.62. The zero-order chi connectivity index (χ0) is 13.2. The van der Waals surface area contributed by atoms with Crippen LogP contribution in [0, 0.1) is 11.3 Å². The maximum Gasteiger partial charge on any atom is 0.0992 e. The van der Waals surface area contributed by atoms with Crippen LogP contribution in [0.2, 0.25) is 5.02 Å². The summed E-state index contributed by atoms with van der Waals surface area (Å²) < 4.78 is 10.2. The predicted octanol–water partition coefficient (Wildman–Crippen LogP) is 2.68. The highest BCUT2D eigenvalue weighted by Gasteiger charge is 2.00. The molecule has 0 unspecified atom stereocenters. The highest BCUT2D eigenvalue weighted by molar-refractivity contribution is 6.33. The zero-order valence-electron chi connectivity index (χ0n) is 10.4. The van der Waals surface area contributed by atoms with Gasteiger partial charge < -0.3 is 14.8 Å². The molecule has 5 heteroatoms. The Labute approximate surface area is 112 Å². The van der Waals surface area contributed by atoms with Gasteiger partial charge in [-0.05, 0) is 24.6 Å². The molecule has 1 aromatic rings. The van der Waals surface area contributed by atoms with Gasteiger partial charge in [-0.1, -0.05) is 11.6 Å². The van der Waals surface area contributed by atoms with E-state index in [-0.39, 0.29) is 0 Å². The van der Waals surface area contributed by atoms with Gasteiger partial charge in [0.1, 0.15) is 0 Å². The summed E-state index contributed by atoms with van der Waals surface area (Å²) in [5, 5.41) is 12.5. The number of halogens is 1. The summed E-state index contributed by atoms with van der Waals surface area (Å²) in [6.45, 7) is 2.70. The molecule has 0 bridgehead atoms. The lowest BCUT2D eigenvalue weighted by Crippen LogP contribution is -2.08. The van der Waals surface area contributed by atoms with E-state index in [2.05, 4.69) is 5.32 Å². The Morgan fingerprint density at radius 3 is 2.83 bits per heavy atom. The topological polar surface area (TPSA) is 54.3 Å². The number of hydrogen-bond donors (Lipinski definition) is 1. The van der Waals surface area contributed by atoms with Crippen molar-refractivity contribution in [3.63, 3.8) is 0 Å². The van der Waals surface area contributed by atoms with E-state index in [1.807, 2.05) is 12.1 Å². The van der Waals surface area contributed by atoms with E-state index >= 15 is 0 Å². The van der Waals surface area contributed by atoms with Crippen molar-refractivity contribution >= 4 is 17.3 Å². The first-order valence-corrected chi connectivity index (χ1v) is 6.16. The van der Waals surface area contributed by atoms with Crippen molar-refractivity contribution in [1.82, 2.24) is 0 Å². The average Bonchev–Trinajstić information content (AvgIpc) is 2.39. The summed E-state index contributed by atoms with van der Waals surface area (Å²) in [6, 6.07) is 7.25. The SMILES string of the molecule is COCCOCCCNc1ccc(C#N)cc1Cl. The average molecular weight is 269 g/mol. The number of nitriles is 1. The van der Waals surface area contributed by atoms with Gasteiger partial charge in [-0.3, -0.25) is 0 Å². The fourth-order valence-electron chi connectivity index (χ4n) is 1.37. The Hall–Kier alpha value is -1.28. The molecule has 0 aliphatic heterocycles. The van der Waals surface area contributed by atoms with E-state index in [4.69, 9.17) is 26.3 Å². The fraction of sp³-hybridized carbons (Fsp3) is 0.462. The molecule has 0 heterocycles. The highest BCUT2D eigenvalue weighted by Crippen LogP contribution is 2.22. The van der Waals surface area contributed by atoms with Gasteiger partial charge >= 0.3 is 0 Å². The predicted molar refractivity (Wildman–Crippen MR) is 72.0 cm³/mol. The van der Waals surface area contributed by atoms with Gasteiger partial charge in [0.2, 0.25) is 0 Å². The van der Waals surface area contributed by atoms with Gasteiger partial charge in [-0.25, -0.2) is 0 Å². The van der Waals surface area contributed by atoms with E-state index < -0.39 is 0 Å². The molecule has 0 aromatic heterocycles. The van der Waals surface area contributed by atoms with Gasteiger partial charge in [0.05, 0.1) is 35.6 Å². The van der Waals surface area contributed by atoms with Crippen LogP contribution in [0.25, 0.3) is 0 Å². The van der Waals surface area contributed by atoms with Crippen LogP contribution in [-0.2, 0) is 9.47 Å². The van der Waals surface area contributed by atoms with Crippen molar-refractivity contribution in [2.75, 3.05) is 38.8 Å². The monoisotopic (exact) mass is 268 g/mol. The van der Waals surface area contributed by atoms with Crippen molar-refractivity contribution in [3.05, 3.63) is 28.8 Å². The van der Waals surface area contributed by atoms with Crippen molar-refractivity contribution in [2.45, 2.75) is 6.42 Å². The van der Waals surface area contributed by atoms with Crippen molar-refractivity contribution in [3.8, 4) is 6.07 Å². The molecule has 1 aromatic carbocycles. The molecule has 0 aliphatic carbocycles. The molecule has 0 aliphatic rings. The molecule has 98 valence electrons. The van der Waals surface area contributed by atoms with E-state index in [0.717, 1.165) is 18.7 Å². The molecule has 0 saturated carbocycles. The second kappa shape index (κ2) is 8.76. The van der Waals surface area contributed by atoms with Gasteiger partial charge in [0, 0.05) is 20.3 Å². The number of benzene rings is 1. The highest BCUT2D eigenvalue weighted by atomic mass is 35.5. The second-order valence-corrected chi connectivity index (χ2v) is 4.10. The largest absolute Gasteiger partial charge is 0.384 e. The molecule has 4 nitrogen and oxygen atoms in total. The maximum absolute atomic E-state index is 8.71. The molecule has 1 N–H and O–H groups in total. The summed E-state index contributed by atoms with van der Waals surface area (Å²) in [4.78, 5) is 0. The first-order valence-electron chi connectivity index (χ1n) is 5.78. The van der Waals surface area contributed by atoms with Gasteiger partial charge in [-0.15, -0.1) is 0 Å². The molecule has 0 spiro atoms. The fourth-order valence-corrected chi connectivity index (χ4v) is 1.62. The van der Waals surface area contributed by atoms with E-state index in [1.165, 1.54) is 0 Å². The lowest BCUT2D eigenvalue weighted by atomic mass is 10.2. The number of rotatable bonds is 8. The van der Waals surface area contributed by atoms with E-state index in [0.29, 0.717) is 30.4 Å². The number of nitrogens with one attached hydrogen (secondary N) is 1. The van der Waals surface area contributed by atoms with Gasteiger partial charge in [0.25, 0.3) is 0 Å².